The lowest BCUT2D eigenvalue weighted by atomic mass is 9.94. The average molecular weight is 449 g/mol. The van der Waals surface area contributed by atoms with Crippen LogP contribution in [0.15, 0.2) is 30.3 Å². The van der Waals surface area contributed by atoms with Gasteiger partial charge in [0.05, 0.1) is 0 Å². The highest BCUT2D eigenvalue weighted by molar-refractivity contribution is 5.95. The highest BCUT2D eigenvalue weighted by Gasteiger charge is 2.33. The molecule has 174 valence electrons. The number of carbonyl (C=O) groups excluding carboxylic acids is 2. The van der Waals surface area contributed by atoms with E-state index in [0.717, 1.165) is 55.0 Å². The van der Waals surface area contributed by atoms with Crippen LogP contribution in [-0.4, -0.2) is 59.0 Å². The van der Waals surface area contributed by atoms with Gasteiger partial charge in [0.15, 0.2) is 0 Å². The summed E-state index contributed by atoms with van der Waals surface area (Å²) in [5, 5.41) is 0. The lowest BCUT2D eigenvalue weighted by Crippen LogP contribution is -2.43. The molecule has 0 radical (unpaired) electrons. The maximum atomic E-state index is 12.8. The number of fused-ring (bicyclic) bond motifs is 1. The smallest absolute Gasteiger partial charge is 0.251 e. The van der Waals surface area contributed by atoms with Gasteiger partial charge in [-0.3, -0.25) is 14.5 Å². The van der Waals surface area contributed by atoms with E-state index in [-0.39, 0.29) is 23.8 Å². The number of hydrogen-bond acceptors (Lipinski definition) is 5. The zero-order valence-corrected chi connectivity index (χ0v) is 19.3. The Balaban J connectivity index is 1.31. The summed E-state index contributed by atoms with van der Waals surface area (Å²) in [5.74, 6) is 2.08. The van der Waals surface area contributed by atoms with Gasteiger partial charge in [0, 0.05) is 49.8 Å². The van der Waals surface area contributed by atoms with Crippen molar-refractivity contribution in [3.63, 3.8) is 0 Å². The van der Waals surface area contributed by atoms with Crippen LogP contribution in [0.2, 0.25) is 0 Å². The number of carbonyl (C=O) groups is 2. The minimum absolute atomic E-state index is 0.131. The summed E-state index contributed by atoms with van der Waals surface area (Å²) in [4.78, 5) is 39.1. The number of nitrogens with zero attached hydrogens (tertiary/aromatic N) is 4. The predicted molar refractivity (Wildman–Crippen MR) is 125 cm³/mol. The molecule has 0 bridgehead atoms. The first-order chi connectivity index (χ1) is 16.1. The fraction of sp³-hybridized carbons (Fsp3) is 0.538. The number of aryl methyl sites for hydroxylation is 1. The lowest BCUT2D eigenvalue weighted by molar-refractivity contribution is -0.142. The number of likely N-dealkylation sites (tertiary alicyclic amines) is 1. The zero-order chi connectivity index (χ0) is 22.8. The first-order valence-electron chi connectivity index (χ1n) is 12.2. The summed E-state index contributed by atoms with van der Waals surface area (Å²) in [6.07, 6.45) is 5.24. The fourth-order valence-electron chi connectivity index (χ4n) is 5.24. The Morgan fingerprint density at radius 3 is 2.61 bits per heavy atom. The van der Waals surface area contributed by atoms with Crippen LogP contribution in [-0.2, 0) is 27.2 Å². The summed E-state index contributed by atoms with van der Waals surface area (Å²) in [5.41, 5.74) is 3.29. The number of aromatic nitrogens is 2. The van der Waals surface area contributed by atoms with Crippen LogP contribution in [0.25, 0.3) is 0 Å². The maximum absolute atomic E-state index is 12.8. The third-order valence-electron chi connectivity index (χ3n) is 7.20. The Morgan fingerprint density at radius 2 is 1.88 bits per heavy atom. The molecular weight excluding hydrogens is 416 g/mol. The normalized spacial score (nSPS) is 21.4. The van der Waals surface area contributed by atoms with Crippen LogP contribution in [0.1, 0.15) is 60.7 Å². The number of hydrogen-bond donors (Lipinski definition) is 0. The van der Waals surface area contributed by atoms with E-state index in [9.17, 15) is 9.59 Å². The van der Waals surface area contributed by atoms with E-state index in [0.29, 0.717) is 39.1 Å². The highest BCUT2D eigenvalue weighted by Crippen LogP contribution is 2.33. The van der Waals surface area contributed by atoms with Crippen molar-refractivity contribution in [3.8, 4) is 0 Å². The standard InChI is InChI=1S/C26H32N4O3/c1-18-21-9-10-23(31)30(16-11-19-6-3-2-4-7-19)25(21)28-24(27-18)20-12-14-29(15-13-20)26(32)22-8-5-17-33-22/h2-4,6-7,20,22H,5,8-17H2,1H3. The molecule has 1 aromatic carbocycles. The second-order valence-corrected chi connectivity index (χ2v) is 9.35. The van der Waals surface area contributed by atoms with Crippen molar-refractivity contribution in [2.24, 2.45) is 0 Å². The van der Waals surface area contributed by atoms with Crippen molar-refractivity contribution in [2.75, 3.05) is 31.1 Å². The van der Waals surface area contributed by atoms with E-state index in [1.165, 1.54) is 5.56 Å². The monoisotopic (exact) mass is 448 g/mol. The quantitative estimate of drug-likeness (QED) is 0.702. The summed E-state index contributed by atoms with van der Waals surface area (Å²) in [7, 11) is 0. The molecule has 3 aliphatic rings. The van der Waals surface area contributed by atoms with Crippen molar-refractivity contribution in [3.05, 3.63) is 53.0 Å². The molecule has 7 nitrogen and oxygen atoms in total. The van der Waals surface area contributed by atoms with Crippen molar-refractivity contribution in [1.82, 2.24) is 14.9 Å². The fourth-order valence-corrected chi connectivity index (χ4v) is 5.24. The van der Waals surface area contributed by atoms with Crippen molar-refractivity contribution >= 4 is 17.6 Å². The van der Waals surface area contributed by atoms with Crippen LogP contribution in [0.5, 0.6) is 0 Å². The Kier molecular flexibility index (Phi) is 6.40. The van der Waals surface area contributed by atoms with Gasteiger partial charge in [-0.15, -0.1) is 0 Å². The molecule has 1 atom stereocenters. The lowest BCUT2D eigenvalue weighted by Gasteiger charge is -2.34. The van der Waals surface area contributed by atoms with E-state index < -0.39 is 0 Å². The van der Waals surface area contributed by atoms with Gasteiger partial charge in [-0.05, 0) is 51.0 Å². The first kappa shape index (κ1) is 22.0. The summed E-state index contributed by atoms with van der Waals surface area (Å²) >= 11 is 0. The molecule has 2 aromatic rings. The Morgan fingerprint density at radius 1 is 1.09 bits per heavy atom. The number of ether oxygens (including phenoxy) is 1. The molecule has 5 rings (SSSR count). The molecule has 1 unspecified atom stereocenters. The van der Waals surface area contributed by atoms with E-state index in [1.807, 2.05) is 34.9 Å². The van der Waals surface area contributed by atoms with E-state index in [2.05, 4.69) is 12.1 Å². The number of anilines is 1. The minimum atomic E-state index is -0.257. The topological polar surface area (TPSA) is 75.6 Å². The second kappa shape index (κ2) is 9.59. The molecule has 0 saturated carbocycles. The average Bonchev–Trinajstić information content (AvgIpc) is 3.39. The van der Waals surface area contributed by atoms with Crippen LogP contribution >= 0.6 is 0 Å². The Labute approximate surface area is 195 Å². The molecule has 4 heterocycles. The maximum Gasteiger partial charge on any atom is 0.251 e. The summed E-state index contributed by atoms with van der Waals surface area (Å²) in [6.45, 7) is 4.76. The van der Waals surface area contributed by atoms with Gasteiger partial charge in [-0.25, -0.2) is 9.97 Å². The molecule has 2 fully saturated rings. The third kappa shape index (κ3) is 4.64. The van der Waals surface area contributed by atoms with Crippen molar-refractivity contribution < 1.29 is 14.3 Å². The number of amides is 2. The number of benzene rings is 1. The first-order valence-corrected chi connectivity index (χ1v) is 12.2. The van der Waals surface area contributed by atoms with Gasteiger partial charge in [0.2, 0.25) is 5.91 Å². The second-order valence-electron chi connectivity index (χ2n) is 9.35. The minimum Gasteiger partial charge on any atom is -0.368 e. The van der Waals surface area contributed by atoms with E-state index in [4.69, 9.17) is 14.7 Å². The molecule has 7 heteroatoms. The van der Waals surface area contributed by atoms with Crippen LogP contribution in [0, 0.1) is 6.92 Å². The number of piperidine rings is 1. The van der Waals surface area contributed by atoms with E-state index >= 15 is 0 Å². The summed E-state index contributed by atoms with van der Waals surface area (Å²) in [6, 6.07) is 10.3. The van der Waals surface area contributed by atoms with E-state index in [1.54, 1.807) is 0 Å². The van der Waals surface area contributed by atoms with Crippen molar-refractivity contribution in [1.29, 1.82) is 0 Å². The number of rotatable bonds is 5. The molecular formula is C26H32N4O3. The molecule has 0 aliphatic carbocycles. The molecule has 3 aliphatic heterocycles. The van der Waals surface area contributed by atoms with Crippen molar-refractivity contribution in [2.45, 2.75) is 63.9 Å². The van der Waals surface area contributed by atoms with Gasteiger partial charge in [0.25, 0.3) is 5.91 Å². The Bertz CT molecular complexity index is 1010. The van der Waals surface area contributed by atoms with Crippen LogP contribution in [0.4, 0.5) is 5.82 Å². The Hall–Kier alpha value is -2.80. The molecule has 33 heavy (non-hydrogen) atoms. The molecule has 0 spiro atoms. The molecule has 1 aromatic heterocycles. The molecule has 0 N–H and O–H groups in total. The predicted octanol–water partition coefficient (Wildman–Crippen LogP) is 3.19. The highest BCUT2D eigenvalue weighted by atomic mass is 16.5. The van der Waals surface area contributed by atoms with Crippen LogP contribution < -0.4 is 4.90 Å². The molecule has 2 amide bonds. The van der Waals surface area contributed by atoms with Gasteiger partial charge in [-0.1, -0.05) is 30.3 Å². The van der Waals surface area contributed by atoms with Gasteiger partial charge < -0.3 is 9.64 Å². The van der Waals surface area contributed by atoms with Gasteiger partial charge in [0.1, 0.15) is 17.7 Å². The van der Waals surface area contributed by atoms with Gasteiger partial charge >= 0.3 is 0 Å². The SMILES string of the molecule is Cc1nc(C2CCN(C(=O)C3CCCO3)CC2)nc2c1CCC(=O)N2CCc1ccccc1. The zero-order valence-electron chi connectivity index (χ0n) is 19.3. The van der Waals surface area contributed by atoms with Crippen LogP contribution in [0.3, 0.4) is 0 Å². The largest absolute Gasteiger partial charge is 0.368 e. The van der Waals surface area contributed by atoms with Gasteiger partial charge in [-0.2, -0.15) is 0 Å². The third-order valence-corrected chi connectivity index (χ3v) is 7.20. The summed E-state index contributed by atoms with van der Waals surface area (Å²) < 4.78 is 5.58. The molecule has 2 saturated heterocycles.